The number of carbonyl (C=O) groups excluding carboxylic acids is 1. The number of nitrogen functional groups attached to an aromatic ring is 1. The summed E-state index contributed by atoms with van der Waals surface area (Å²) in [5, 5.41) is 0. The van der Waals surface area contributed by atoms with Crippen molar-refractivity contribution in [3.05, 3.63) is 23.8 Å². The van der Waals surface area contributed by atoms with Gasteiger partial charge in [-0.3, -0.25) is 4.79 Å². The van der Waals surface area contributed by atoms with Gasteiger partial charge in [0.1, 0.15) is 5.75 Å². The first kappa shape index (κ1) is 15.6. The van der Waals surface area contributed by atoms with Crippen LogP contribution in [0.25, 0.3) is 0 Å². The molecule has 1 atom stereocenters. The second-order valence-electron chi connectivity index (χ2n) is 5.53. The number of nitrogens with two attached hydrogens (primary N) is 1. The average Bonchev–Trinajstić information content (AvgIpc) is 3.31. The minimum absolute atomic E-state index is 0.000744. The van der Waals surface area contributed by atoms with E-state index in [0.29, 0.717) is 36.1 Å². The molecule has 21 heavy (non-hydrogen) atoms. The molecule has 2 rings (SSSR count). The summed E-state index contributed by atoms with van der Waals surface area (Å²) in [6, 6.07) is 5.41. The molecule has 1 aromatic carbocycles. The molecule has 0 heterocycles. The number of ether oxygens (including phenoxy) is 2. The highest BCUT2D eigenvalue weighted by Gasteiger charge is 2.34. The van der Waals surface area contributed by atoms with Gasteiger partial charge >= 0.3 is 0 Å². The first-order valence-electron chi connectivity index (χ1n) is 7.32. The fourth-order valence-electron chi connectivity index (χ4n) is 2.55. The van der Waals surface area contributed by atoms with Crippen molar-refractivity contribution in [2.75, 3.05) is 33.1 Å². The molecule has 1 aliphatic rings. The molecule has 1 fully saturated rings. The second-order valence-corrected chi connectivity index (χ2v) is 5.53. The van der Waals surface area contributed by atoms with Gasteiger partial charge in [-0.1, -0.05) is 0 Å². The van der Waals surface area contributed by atoms with Gasteiger partial charge in [0.05, 0.1) is 19.4 Å². The van der Waals surface area contributed by atoms with Crippen LogP contribution in [-0.4, -0.2) is 44.2 Å². The lowest BCUT2D eigenvalue weighted by atomic mass is 10.1. The van der Waals surface area contributed by atoms with Gasteiger partial charge in [0.2, 0.25) is 0 Å². The van der Waals surface area contributed by atoms with Crippen LogP contribution in [-0.2, 0) is 4.74 Å². The van der Waals surface area contributed by atoms with Crippen LogP contribution < -0.4 is 10.5 Å². The summed E-state index contributed by atoms with van der Waals surface area (Å²) >= 11 is 0. The van der Waals surface area contributed by atoms with Crippen molar-refractivity contribution < 1.29 is 14.3 Å². The highest BCUT2D eigenvalue weighted by molar-refractivity contribution is 5.95. The molecule has 1 saturated carbocycles. The third-order valence-corrected chi connectivity index (χ3v) is 4.07. The third-order valence-electron chi connectivity index (χ3n) is 4.07. The summed E-state index contributed by atoms with van der Waals surface area (Å²) in [6.07, 6.45) is 2.39. The van der Waals surface area contributed by atoms with E-state index in [1.165, 1.54) is 12.8 Å². The predicted octanol–water partition coefficient (Wildman–Crippen LogP) is 2.16. The highest BCUT2D eigenvalue weighted by Crippen LogP contribution is 2.35. The Morgan fingerprint density at radius 3 is 2.67 bits per heavy atom. The molecule has 5 nitrogen and oxygen atoms in total. The smallest absolute Gasteiger partial charge is 0.254 e. The Labute approximate surface area is 126 Å². The summed E-state index contributed by atoms with van der Waals surface area (Å²) in [5.41, 5.74) is 6.97. The zero-order valence-electron chi connectivity index (χ0n) is 13.0. The molecule has 1 unspecified atom stereocenters. The zero-order chi connectivity index (χ0) is 15.4. The number of anilines is 1. The monoisotopic (exact) mass is 292 g/mol. The SMILES string of the molecule is COCCN(C(=O)c1ccc(OC)c(N)c1)C(C)C1CC1. The zero-order valence-corrected chi connectivity index (χ0v) is 13.0. The maximum atomic E-state index is 12.8. The van der Waals surface area contributed by atoms with E-state index in [0.717, 1.165) is 0 Å². The van der Waals surface area contributed by atoms with E-state index in [9.17, 15) is 4.79 Å². The van der Waals surface area contributed by atoms with Crippen molar-refractivity contribution in [3.8, 4) is 5.75 Å². The topological polar surface area (TPSA) is 64.8 Å². The molecule has 0 spiro atoms. The van der Waals surface area contributed by atoms with Crippen LogP contribution in [0, 0.1) is 5.92 Å². The number of carbonyl (C=O) groups is 1. The predicted molar refractivity (Wildman–Crippen MR) is 82.5 cm³/mol. The summed E-state index contributed by atoms with van der Waals surface area (Å²) in [4.78, 5) is 14.6. The van der Waals surface area contributed by atoms with Gasteiger partial charge in [-0.2, -0.15) is 0 Å². The molecule has 0 saturated heterocycles. The molecule has 5 heteroatoms. The van der Waals surface area contributed by atoms with Crippen LogP contribution in [0.15, 0.2) is 18.2 Å². The Hall–Kier alpha value is -1.75. The molecule has 0 bridgehead atoms. The molecular weight excluding hydrogens is 268 g/mol. The molecule has 0 aliphatic heterocycles. The quantitative estimate of drug-likeness (QED) is 0.782. The van der Waals surface area contributed by atoms with E-state index in [4.69, 9.17) is 15.2 Å². The van der Waals surface area contributed by atoms with Gasteiger partial charge in [-0.05, 0) is 43.9 Å². The van der Waals surface area contributed by atoms with E-state index in [2.05, 4.69) is 6.92 Å². The van der Waals surface area contributed by atoms with Crippen LogP contribution in [0.4, 0.5) is 5.69 Å². The lowest BCUT2D eigenvalue weighted by Gasteiger charge is -2.29. The molecule has 1 aliphatic carbocycles. The fourth-order valence-corrected chi connectivity index (χ4v) is 2.55. The molecule has 2 N–H and O–H groups in total. The average molecular weight is 292 g/mol. The van der Waals surface area contributed by atoms with Gasteiger partial charge in [0.15, 0.2) is 0 Å². The van der Waals surface area contributed by atoms with Crippen molar-refractivity contribution in [1.82, 2.24) is 4.90 Å². The summed E-state index contributed by atoms with van der Waals surface area (Å²) < 4.78 is 10.3. The molecular formula is C16H24N2O3. The normalized spacial score (nSPS) is 15.6. The number of nitrogens with zero attached hydrogens (tertiary/aromatic N) is 1. The molecule has 0 radical (unpaired) electrons. The Morgan fingerprint density at radius 2 is 2.14 bits per heavy atom. The van der Waals surface area contributed by atoms with Crippen LogP contribution in [0.2, 0.25) is 0 Å². The third kappa shape index (κ3) is 3.67. The standard InChI is InChI=1S/C16H24N2O3/c1-11(12-4-5-12)18(8-9-20-2)16(19)13-6-7-15(21-3)14(17)10-13/h6-7,10-12H,4-5,8-9,17H2,1-3H3. The Morgan fingerprint density at radius 1 is 1.43 bits per heavy atom. The van der Waals surface area contributed by atoms with Crippen molar-refractivity contribution in [2.24, 2.45) is 5.92 Å². The number of methoxy groups -OCH3 is 2. The van der Waals surface area contributed by atoms with Crippen molar-refractivity contribution in [3.63, 3.8) is 0 Å². The van der Waals surface area contributed by atoms with Crippen LogP contribution in [0.5, 0.6) is 5.75 Å². The maximum Gasteiger partial charge on any atom is 0.254 e. The molecule has 1 aromatic rings. The number of hydrogen-bond donors (Lipinski definition) is 1. The summed E-state index contributed by atoms with van der Waals surface area (Å²) in [5.74, 6) is 1.20. The molecule has 116 valence electrons. The van der Waals surface area contributed by atoms with Gasteiger partial charge in [0.25, 0.3) is 5.91 Å². The van der Waals surface area contributed by atoms with Gasteiger partial charge in [0, 0.05) is 25.3 Å². The second kappa shape index (κ2) is 6.80. The largest absolute Gasteiger partial charge is 0.495 e. The van der Waals surface area contributed by atoms with Crippen molar-refractivity contribution in [1.29, 1.82) is 0 Å². The number of amides is 1. The first-order chi connectivity index (χ1) is 10.1. The molecule has 1 amide bonds. The first-order valence-corrected chi connectivity index (χ1v) is 7.32. The van der Waals surface area contributed by atoms with Crippen LogP contribution in [0.1, 0.15) is 30.1 Å². The Bertz CT molecular complexity index is 500. The lowest BCUT2D eigenvalue weighted by Crippen LogP contribution is -2.42. The number of benzene rings is 1. The number of rotatable bonds is 7. The fraction of sp³-hybridized carbons (Fsp3) is 0.562. The van der Waals surface area contributed by atoms with Gasteiger partial charge in [-0.25, -0.2) is 0 Å². The minimum atomic E-state index is 0.000744. The van der Waals surface area contributed by atoms with E-state index < -0.39 is 0 Å². The Balaban J connectivity index is 2.18. The molecule has 0 aromatic heterocycles. The maximum absolute atomic E-state index is 12.8. The van der Waals surface area contributed by atoms with E-state index in [-0.39, 0.29) is 11.9 Å². The van der Waals surface area contributed by atoms with Gasteiger partial charge in [-0.15, -0.1) is 0 Å². The van der Waals surface area contributed by atoms with E-state index >= 15 is 0 Å². The van der Waals surface area contributed by atoms with Crippen LogP contribution in [0.3, 0.4) is 0 Å². The van der Waals surface area contributed by atoms with E-state index in [1.807, 2.05) is 4.90 Å². The minimum Gasteiger partial charge on any atom is -0.495 e. The highest BCUT2D eigenvalue weighted by atomic mass is 16.5. The van der Waals surface area contributed by atoms with Crippen molar-refractivity contribution in [2.45, 2.75) is 25.8 Å². The lowest BCUT2D eigenvalue weighted by molar-refractivity contribution is 0.0594. The summed E-state index contributed by atoms with van der Waals surface area (Å²) in [6.45, 7) is 3.24. The van der Waals surface area contributed by atoms with Gasteiger partial charge < -0.3 is 20.1 Å². The van der Waals surface area contributed by atoms with Crippen molar-refractivity contribution >= 4 is 11.6 Å². The number of hydrogen-bond acceptors (Lipinski definition) is 4. The Kier molecular flexibility index (Phi) is 5.07. The summed E-state index contributed by atoms with van der Waals surface area (Å²) in [7, 11) is 3.21. The van der Waals surface area contributed by atoms with Crippen LogP contribution >= 0.6 is 0 Å². The van der Waals surface area contributed by atoms with E-state index in [1.54, 1.807) is 32.4 Å².